The van der Waals surface area contributed by atoms with Crippen molar-refractivity contribution >= 4 is 34.2 Å². The number of hydrogen-bond acceptors (Lipinski definition) is 3. The van der Waals surface area contributed by atoms with Gasteiger partial charge in [0.05, 0.1) is 9.26 Å². The Morgan fingerprint density at radius 1 is 1.29 bits per heavy atom. The monoisotopic (exact) mass is 414 g/mol. The molecule has 1 aromatic heterocycles. The number of halogens is 2. The highest BCUT2D eigenvalue weighted by molar-refractivity contribution is 14.1. The van der Waals surface area contributed by atoms with Gasteiger partial charge in [0.15, 0.2) is 5.82 Å². The first-order valence-corrected chi connectivity index (χ1v) is 8.55. The molecule has 0 radical (unpaired) electrons. The van der Waals surface area contributed by atoms with E-state index in [4.69, 9.17) is 21.3 Å². The van der Waals surface area contributed by atoms with E-state index in [-0.39, 0.29) is 6.10 Å². The molecule has 5 heteroatoms. The molecule has 0 saturated heterocycles. The maximum atomic E-state index is 6.31. The fourth-order valence-electron chi connectivity index (χ4n) is 2.31. The molecule has 1 atom stereocenters. The van der Waals surface area contributed by atoms with Crippen LogP contribution in [0.2, 0.25) is 5.15 Å². The van der Waals surface area contributed by atoms with Crippen molar-refractivity contribution in [2.75, 3.05) is 6.61 Å². The van der Waals surface area contributed by atoms with Gasteiger partial charge in [-0.25, -0.2) is 9.97 Å². The molecule has 0 spiro atoms. The molecule has 1 unspecified atom stereocenters. The van der Waals surface area contributed by atoms with Gasteiger partial charge in [-0.15, -0.1) is 0 Å². The normalized spacial score (nSPS) is 16.0. The molecule has 0 amide bonds. The third-order valence-corrected chi connectivity index (χ3v) is 5.14. The third kappa shape index (κ3) is 3.38. The molecule has 3 nitrogen and oxygen atoms in total. The summed E-state index contributed by atoms with van der Waals surface area (Å²) in [7, 11) is 0. The molecular formula is C16H16ClIN2O. The van der Waals surface area contributed by atoms with Crippen LogP contribution in [0, 0.1) is 3.57 Å². The van der Waals surface area contributed by atoms with Crippen molar-refractivity contribution in [3.05, 3.63) is 56.1 Å². The molecule has 1 saturated carbocycles. The van der Waals surface area contributed by atoms with Crippen LogP contribution in [0.1, 0.15) is 48.9 Å². The quantitative estimate of drug-likeness (QED) is 0.524. The minimum atomic E-state index is -0.261. The summed E-state index contributed by atoms with van der Waals surface area (Å²) in [5.74, 6) is 1.20. The van der Waals surface area contributed by atoms with Gasteiger partial charge < -0.3 is 4.74 Å². The molecule has 0 N–H and O–H groups in total. The van der Waals surface area contributed by atoms with Crippen LogP contribution in [0.25, 0.3) is 0 Å². The van der Waals surface area contributed by atoms with Gasteiger partial charge in [0.2, 0.25) is 0 Å². The molecule has 0 bridgehead atoms. The van der Waals surface area contributed by atoms with Gasteiger partial charge in [0.25, 0.3) is 0 Å². The zero-order valence-corrected chi connectivity index (χ0v) is 14.6. The maximum absolute atomic E-state index is 6.31. The van der Waals surface area contributed by atoms with E-state index in [2.05, 4.69) is 27.6 Å². The molecule has 1 aliphatic carbocycles. The number of hydrogen-bond donors (Lipinski definition) is 0. The van der Waals surface area contributed by atoms with E-state index in [0.29, 0.717) is 23.5 Å². The Labute approximate surface area is 143 Å². The molecule has 2 aromatic rings. The van der Waals surface area contributed by atoms with E-state index in [0.717, 1.165) is 14.8 Å². The zero-order valence-electron chi connectivity index (χ0n) is 11.7. The second-order valence-corrected chi connectivity index (χ2v) is 6.53. The predicted molar refractivity (Wildman–Crippen MR) is 91.6 cm³/mol. The minimum absolute atomic E-state index is 0.261. The highest BCUT2D eigenvalue weighted by atomic mass is 127. The summed E-state index contributed by atoms with van der Waals surface area (Å²) >= 11 is 8.55. The molecule has 1 heterocycles. The molecule has 1 fully saturated rings. The van der Waals surface area contributed by atoms with Crippen LogP contribution in [0.5, 0.6) is 0 Å². The molecule has 0 aliphatic heterocycles. The lowest BCUT2D eigenvalue weighted by atomic mass is 10.1. The minimum Gasteiger partial charge on any atom is -0.366 e. The molecule has 3 rings (SSSR count). The lowest BCUT2D eigenvalue weighted by Crippen LogP contribution is -2.13. The third-order valence-electron chi connectivity index (χ3n) is 3.49. The number of benzene rings is 1. The highest BCUT2D eigenvalue weighted by Crippen LogP contribution is 2.42. The number of rotatable bonds is 5. The first-order chi connectivity index (χ1) is 10.2. The van der Waals surface area contributed by atoms with E-state index >= 15 is 0 Å². The predicted octanol–water partition coefficient (Wildman–Crippen LogP) is 4.74. The van der Waals surface area contributed by atoms with Crippen molar-refractivity contribution < 1.29 is 4.74 Å². The van der Waals surface area contributed by atoms with Gasteiger partial charge in [-0.1, -0.05) is 41.9 Å². The van der Waals surface area contributed by atoms with Crippen LogP contribution in [0.3, 0.4) is 0 Å². The summed E-state index contributed by atoms with van der Waals surface area (Å²) in [4.78, 5) is 9.22. The van der Waals surface area contributed by atoms with Crippen LogP contribution < -0.4 is 0 Å². The van der Waals surface area contributed by atoms with Crippen molar-refractivity contribution in [3.63, 3.8) is 0 Å². The van der Waals surface area contributed by atoms with Crippen molar-refractivity contribution in [3.8, 4) is 0 Å². The topological polar surface area (TPSA) is 35.0 Å². The van der Waals surface area contributed by atoms with Gasteiger partial charge in [-0.3, -0.25) is 0 Å². The van der Waals surface area contributed by atoms with E-state index in [1.54, 1.807) is 0 Å². The first-order valence-electron chi connectivity index (χ1n) is 7.10. The Hall–Kier alpha value is -0.720. The Bertz CT molecular complexity index is 632. The summed E-state index contributed by atoms with van der Waals surface area (Å²) in [6, 6.07) is 10.1. The Kier molecular flexibility index (Phi) is 4.76. The van der Waals surface area contributed by atoms with Crippen molar-refractivity contribution in [2.24, 2.45) is 0 Å². The van der Waals surface area contributed by atoms with Gasteiger partial charge in [0.1, 0.15) is 11.3 Å². The molecular weight excluding hydrogens is 399 g/mol. The molecule has 1 aliphatic rings. The fourth-order valence-corrected chi connectivity index (χ4v) is 3.18. The van der Waals surface area contributed by atoms with Crippen molar-refractivity contribution in [2.45, 2.75) is 31.8 Å². The summed E-state index contributed by atoms with van der Waals surface area (Å²) in [5, 5.41) is 0.531. The summed E-state index contributed by atoms with van der Waals surface area (Å²) in [5.41, 5.74) is 2.13. The van der Waals surface area contributed by atoms with Crippen molar-refractivity contribution in [1.29, 1.82) is 0 Å². The molecule has 110 valence electrons. The van der Waals surface area contributed by atoms with Gasteiger partial charge >= 0.3 is 0 Å². The second-order valence-electron chi connectivity index (χ2n) is 5.09. The van der Waals surface area contributed by atoms with Crippen LogP contribution in [0.4, 0.5) is 0 Å². The average Bonchev–Trinajstić information content (AvgIpc) is 3.33. The van der Waals surface area contributed by atoms with Gasteiger partial charge in [-0.2, -0.15) is 0 Å². The highest BCUT2D eigenvalue weighted by Gasteiger charge is 2.30. The largest absolute Gasteiger partial charge is 0.366 e. The Morgan fingerprint density at radius 2 is 2.00 bits per heavy atom. The SMILES string of the molecule is CCOC(c1ccccc1)c1nc(Cl)c(I)c(C2CC2)n1. The van der Waals surface area contributed by atoms with Crippen molar-refractivity contribution in [1.82, 2.24) is 9.97 Å². The van der Waals surface area contributed by atoms with Crippen LogP contribution in [0.15, 0.2) is 30.3 Å². The van der Waals surface area contributed by atoms with Crippen LogP contribution >= 0.6 is 34.2 Å². The van der Waals surface area contributed by atoms with E-state index < -0.39 is 0 Å². The number of ether oxygens (including phenoxy) is 1. The van der Waals surface area contributed by atoms with E-state index in [1.807, 2.05) is 37.3 Å². The van der Waals surface area contributed by atoms with Crippen LogP contribution in [-0.4, -0.2) is 16.6 Å². The first kappa shape index (κ1) is 15.2. The van der Waals surface area contributed by atoms with Gasteiger partial charge in [-0.05, 0) is 47.9 Å². The maximum Gasteiger partial charge on any atom is 0.163 e. The summed E-state index contributed by atoms with van der Waals surface area (Å²) < 4.78 is 6.85. The molecule has 1 aromatic carbocycles. The summed E-state index contributed by atoms with van der Waals surface area (Å²) in [6.45, 7) is 2.58. The standard InChI is InChI=1S/C16H16ClIN2O/c1-2-21-14(11-6-4-3-5-7-11)16-19-13(10-8-9-10)12(18)15(17)20-16/h3-7,10,14H,2,8-9H2,1H3. The number of aromatic nitrogens is 2. The zero-order chi connectivity index (χ0) is 14.8. The fraction of sp³-hybridized carbons (Fsp3) is 0.375. The summed E-state index contributed by atoms with van der Waals surface area (Å²) in [6.07, 6.45) is 2.11. The number of nitrogens with zero attached hydrogens (tertiary/aromatic N) is 2. The Morgan fingerprint density at radius 3 is 2.62 bits per heavy atom. The van der Waals surface area contributed by atoms with E-state index in [1.165, 1.54) is 12.8 Å². The lowest BCUT2D eigenvalue weighted by molar-refractivity contribution is 0.0849. The van der Waals surface area contributed by atoms with Crippen LogP contribution in [-0.2, 0) is 4.74 Å². The molecule has 21 heavy (non-hydrogen) atoms. The average molecular weight is 415 g/mol. The van der Waals surface area contributed by atoms with E-state index in [9.17, 15) is 0 Å². The lowest BCUT2D eigenvalue weighted by Gasteiger charge is -2.18. The Balaban J connectivity index is 2.03. The second kappa shape index (κ2) is 6.58. The smallest absolute Gasteiger partial charge is 0.163 e. The van der Waals surface area contributed by atoms with Gasteiger partial charge in [0, 0.05) is 12.5 Å².